The third-order valence-corrected chi connectivity index (χ3v) is 5.78. The lowest BCUT2D eigenvalue weighted by Gasteiger charge is -2.23. The summed E-state index contributed by atoms with van der Waals surface area (Å²) in [5, 5.41) is 9.21. The van der Waals surface area contributed by atoms with Crippen molar-refractivity contribution in [1.82, 2.24) is 9.97 Å². The Labute approximate surface area is 217 Å². The van der Waals surface area contributed by atoms with Crippen LogP contribution in [0.4, 0.5) is 27.4 Å². The van der Waals surface area contributed by atoms with Gasteiger partial charge in [0.2, 0.25) is 0 Å². The van der Waals surface area contributed by atoms with E-state index >= 15 is 0 Å². The van der Waals surface area contributed by atoms with Gasteiger partial charge in [0.05, 0.1) is 39.9 Å². The van der Waals surface area contributed by atoms with Gasteiger partial charge in [-0.2, -0.15) is 0 Å². The highest BCUT2D eigenvalue weighted by Gasteiger charge is 2.20. The van der Waals surface area contributed by atoms with Crippen molar-refractivity contribution in [2.75, 3.05) is 16.0 Å². The predicted octanol–water partition coefficient (Wildman–Crippen LogP) is 4.95. The zero-order valence-corrected chi connectivity index (χ0v) is 21.1. The van der Waals surface area contributed by atoms with E-state index in [1.54, 1.807) is 12.1 Å². The Morgan fingerprint density at radius 1 is 1.08 bits per heavy atom. The van der Waals surface area contributed by atoms with E-state index in [-0.39, 0.29) is 39.9 Å². The van der Waals surface area contributed by atoms with E-state index in [1.165, 1.54) is 24.5 Å². The molecule has 0 bridgehead atoms. The van der Waals surface area contributed by atoms with E-state index < -0.39 is 17.6 Å². The second kappa shape index (κ2) is 12.0. The van der Waals surface area contributed by atoms with Gasteiger partial charge in [-0.3, -0.25) is 14.6 Å². The summed E-state index contributed by atoms with van der Waals surface area (Å²) in [6.45, 7) is 3.80. The summed E-state index contributed by atoms with van der Waals surface area (Å²) in [5.41, 5.74) is 12.2. The standard InChI is InChI=1S/C24H26Cl2FN7O2/c1-3-4-20(12(2)28)33-23-19(27)9-17(21(29)35)22(34-23)31-14-8-15(11-30-10-14)32-24(36)16-6-5-13(25)7-18(16)26/h5-12,20H,3-4,28H2,1-2H3,(H2,29,35)(H,32,36)(H2,31,33,34)/t12-,20+/m0/s1. The normalized spacial score (nSPS) is 12.5. The predicted molar refractivity (Wildman–Crippen MR) is 141 cm³/mol. The summed E-state index contributed by atoms with van der Waals surface area (Å²) in [7, 11) is 0. The zero-order chi connectivity index (χ0) is 26.4. The maximum atomic E-state index is 14.7. The molecule has 0 spiro atoms. The molecule has 9 nitrogen and oxygen atoms in total. The number of carbonyl (C=O) groups is 2. The quantitative estimate of drug-likeness (QED) is 0.247. The molecule has 1 aromatic carbocycles. The number of hydrogen-bond acceptors (Lipinski definition) is 7. The minimum absolute atomic E-state index is 0.0114. The van der Waals surface area contributed by atoms with Crippen molar-refractivity contribution in [3.05, 3.63) is 69.7 Å². The molecule has 190 valence electrons. The fourth-order valence-corrected chi connectivity index (χ4v) is 3.91. The summed E-state index contributed by atoms with van der Waals surface area (Å²) in [5.74, 6) is -2.15. The number of nitrogens with one attached hydrogen (secondary N) is 3. The van der Waals surface area contributed by atoms with E-state index in [0.29, 0.717) is 22.8 Å². The maximum absolute atomic E-state index is 14.7. The number of aromatic nitrogens is 2. The van der Waals surface area contributed by atoms with E-state index in [4.69, 9.17) is 34.7 Å². The number of benzene rings is 1. The molecule has 0 aliphatic heterocycles. The molecule has 0 aliphatic carbocycles. The van der Waals surface area contributed by atoms with Crippen LogP contribution in [0.1, 0.15) is 47.4 Å². The number of carbonyl (C=O) groups excluding carboxylic acids is 2. The second-order valence-electron chi connectivity index (χ2n) is 8.14. The Balaban J connectivity index is 1.87. The van der Waals surface area contributed by atoms with Gasteiger partial charge >= 0.3 is 0 Å². The van der Waals surface area contributed by atoms with Gasteiger partial charge < -0.3 is 27.4 Å². The highest BCUT2D eigenvalue weighted by atomic mass is 35.5. The van der Waals surface area contributed by atoms with Crippen LogP contribution in [0.15, 0.2) is 42.7 Å². The van der Waals surface area contributed by atoms with Gasteiger partial charge in [0, 0.05) is 17.1 Å². The molecule has 0 radical (unpaired) electrons. The van der Waals surface area contributed by atoms with Gasteiger partial charge in [0.15, 0.2) is 11.6 Å². The van der Waals surface area contributed by atoms with Crippen molar-refractivity contribution in [3.63, 3.8) is 0 Å². The number of nitrogens with two attached hydrogens (primary N) is 2. The van der Waals surface area contributed by atoms with Crippen LogP contribution in [0.3, 0.4) is 0 Å². The zero-order valence-electron chi connectivity index (χ0n) is 19.6. The van der Waals surface area contributed by atoms with Gasteiger partial charge in [0.25, 0.3) is 11.8 Å². The summed E-state index contributed by atoms with van der Waals surface area (Å²) in [4.78, 5) is 33.0. The molecule has 0 fully saturated rings. The van der Waals surface area contributed by atoms with Gasteiger partial charge in [-0.1, -0.05) is 36.5 Å². The Kier molecular flexibility index (Phi) is 9.03. The molecule has 2 amide bonds. The van der Waals surface area contributed by atoms with Crippen LogP contribution in [-0.2, 0) is 0 Å². The van der Waals surface area contributed by atoms with Crippen molar-refractivity contribution in [2.45, 2.75) is 38.8 Å². The van der Waals surface area contributed by atoms with Gasteiger partial charge in [-0.15, -0.1) is 0 Å². The van der Waals surface area contributed by atoms with Crippen LogP contribution >= 0.6 is 23.2 Å². The van der Waals surface area contributed by atoms with E-state index in [9.17, 15) is 14.0 Å². The molecule has 0 unspecified atom stereocenters. The number of halogens is 3. The fraction of sp³-hybridized carbons (Fsp3) is 0.250. The first kappa shape index (κ1) is 27.1. The molecule has 0 saturated carbocycles. The minimum atomic E-state index is -0.873. The Hall–Kier alpha value is -3.47. The lowest BCUT2D eigenvalue weighted by atomic mass is 10.1. The average Bonchev–Trinajstić information content (AvgIpc) is 2.80. The molecule has 3 rings (SSSR count). The molecule has 0 aliphatic rings. The van der Waals surface area contributed by atoms with Gasteiger partial charge in [-0.05, 0) is 43.7 Å². The van der Waals surface area contributed by atoms with Crippen LogP contribution in [0.5, 0.6) is 0 Å². The molecular formula is C24H26Cl2FN7O2. The molecule has 2 atom stereocenters. The number of anilines is 4. The lowest BCUT2D eigenvalue weighted by molar-refractivity contribution is 0.0997. The van der Waals surface area contributed by atoms with Gasteiger partial charge in [-0.25, -0.2) is 9.37 Å². The highest BCUT2D eigenvalue weighted by Crippen LogP contribution is 2.26. The second-order valence-corrected chi connectivity index (χ2v) is 8.99. The Morgan fingerprint density at radius 3 is 2.44 bits per heavy atom. The van der Waals surface area contributed by atoms with Crippen LogP contribution in [0.25, 0.3) is 0 Å². The van der Waals surface area contributed by atoms with Crippen LogP contribution in [0, 0.1) is 5.82 Å². The number of rotatable bonds is 10. The minimum Gasteiger partial charge on any atom is -0.365 e. The summed E-state index contributed by atoms with van der Waals surface area (Å²) >= 11 is 12.0. The summed E-state index contributed by atoms with van der Waals surface area (Å²) in [6.07, 6.45) is 4.39. The first-order valence-corrected chi connectivity index (χ1v) is 11.9. The summed E-state index contributed by atoms with van der Waals surface area (Å²) < 4.78 is 14.7. The monoisotopic (exact) mass is 533 g/mol. The first-order valence-electron chi connectivity index (χ1n) is 11.1. The van der Waals surface area contributed by atoms with Crippen molar-refractivity contribution in [1.29, 1.82) is 0 Å². The number of pyridine rings is 2. The molecule has 7 N–H and O–H groups in total. The summed E-state index contributed by atoms with van der Waals surface area (Å²) in [6, 6.07) is 6.57. The Morgan fingerprint density at radius 2 is 1.81 bits per heavy atom. The van der Waals surface area contributed by atoms with E-state index in [1.807, 2.05) is 13.8 Å². The van der Waals surface area contributed by atoms with Crippen molar-refractivity contribution in [2.24, 2.45) is 11.5 Å². The topological polar surface area (TPSA) is 148 Å². The Bertz CT molecular complexity index is 1270. The number of hydrogen-bond donors (Lipinski definition) is 5. The number of primary amides is 1. The molecule has 2 heterocycles. The van der Waals surface area contributed by atoms with Crippen molar-refractivity contribution in [3.8, 4) is 0 Å². The van der Waals surface area contributed by atoms with Crippen molar-refractivity contribution >= 4 is 58.0 Å². The van der Waals surface area contributed by atoms with Crippen LogP contribution < -0.4 is 27.4 Å². The largest absolute Gasteiger partial charge is 0.365 e. The third kappa shape index (κ3) is 6.81. The molecule has 36 heavy (non-hydrogen) atoms. The maximum Gasteiger partial charge on any atom is 0.257 e. The SMILES string of the molecule is CCC[C@@H](Nc1nc(Nc2cncc(NC(=O)c3ccc(Cl)cc3Cl)c2)c(C(N)=O)cc1F)[C@H](C)N. The first-order chi connectivity index (χ1) is 17.1. The van der Waals surface area contributed by atoms with E-state index in [2.05, 4.69) is 25.9 Å². The molecule has 0 saturated heterocycles. The molecule has 2 aromatic heterocycles. The average molecular weight is 534 g/mol. The fourth-order valence-electron chi connectivity index (χ4n) is 3.41. The van der Waals surface area contributed by atoms with Crippen molar-refractivity contribution < 1.29 is 14.0 Å². The number of nitrogens with zero attached hydrogens (tertiary/aromatic N) is 2. The van der Waals surface area contributed by atoms with Crippen LogP contribution in [-0.4, -0.2) is 33.9 Å². The van der Waals surface area contributed by atoms with E-state index in [0.717, 1.165) is 12.5 Å². The smallest absolute Gasteiger partial charge is 0.257 e. The molecular weight excluding hydrogens is 508 g/mol. The number of amides is 2. The molecule has 12 heteroatoms. The molecule has 3 aromatic rings. The third-order valence-electron chi connectivity index (χ3n) is 5.23. The lowest BCUT2D eigenvalue weighted by Crippen LogP contribution is -2.38. The van der Waals surface area contributed by atoms with Gasteiger partial charge in [0.1, 0.15) is 5.82 Å². The highest BCUT2D eigenvalue weighted by molar-refractivity contribution is 6.37. The van der Waals surface area contributed by atoms with Crippen LogP contribution in [0.2, 0.25) is 10.0 Å².